The van der Waals surface area contributed by atoms with E-state index in [0.29, 0.717) is 5.92 Å². The Hall–Kier alpha value is -0.570. The van der Waals surface area contributed by atoms with Crippen molar-refractivity contribution in [1.29, 1.82) is 0 Å². The molecule has 0 atom stereocenters. The molecule has 1 aliphatic carbocycles. The predicted molar refractivity (Wildman–Crippen MR) is 53.5 cm³/mol. The van der Waals surface area contributed by atoms with Crippen LogP contribution < -0.4 is 5.32 Å². The van der Waals surface area contributed by atoms with E-state index in [9.17, 15) is 4.79 Å². The van der Waals surface area contributed by atoms with Crippen LogP contribution in [0.2, 0.25) is 0 Å². The number of hydrogen-bond acceptors (Lipinski definition) is 2. The van der Waals surface area contributed by atoms with Crippen LogP contribution in [0.4, 0.5) is 0 Å². The molecule has 0 aromatic heterocycles. The van der Waals surface area contributed by atoms with Crippen molar-refractivity contribution in [3.05, 3.63) is 0 Å². The fraction of sp³-hybridized carbons (Fsp3) is 0.900. The van der Waals surface area contributed by atoms with Crippen molar-refractivity contribution in [2.75, 3.05) is 27.2 Å². The van der Waals surface area contributed by atoms with E-state index < -0.39 is 0 Å². The number of nitrogens with one attached hydrogen (secondary N) is 1. The zero-order chi connectivity index (χ0) is 9.68. The van der Waals surface area contributed by atoms with Crippen LogP contribution in [0.15, 0.2) is 0 Å². The molecule has 0 unspecified atom stereocenters. The van der Waals surface area contributed by atoms with E-state index in [1.165, 1.54) is 6.42 Å². The van der Waals surface area contributed by atoms with Gasteiger partial charge in [-0.1, -0.05) is 6.42 Å². The van der Waals surface area contributed by atoms with Gasteiger partial charge in [-0.15, -0.1) is 0 Å². The van der Waals surface area contributed by atoms with Gasteiger partial charge in [0.2, 0.25) is 5.91 Å². The van der Waals surface area contributed by atoms with E-state index >= 15 is 0 Å². The molecule has 3 nitrogen and oxygen atoms in total. The Bertz CT molecular complexity index is 164. The lowest BCUT2D eigenvalue weighted by Crippen LogP contribution is -2.35. The van der Waals surface area contributed by atoms with Crippen LogP contribution in [0.25, 0.3) is 0 Å². The minimum atomic E-state index is 0.269. The van der Waals surface area contributed by atoms with E-state index in [1.807, 2.05) is 14.1 Å². The fourth-order valence-electron chi connectivity index (χ4n) is 1.42. The summed E-state index contributed by atoms with van der Waals surface area (Å²) < 4.78 is 0. The molecule has 0 spiro atoms. The molecule has 0 radical (unpaired) electrons. The van der Waals surface area contributed by atoms with E-state index in [4.69, 9.17) is 0 Å². The minimum Gasteiger partial charge on any atom is -0.356 e. The molecule has 1 rings (SSSR count). The number of amides is 1. The molecular formula is C10H20N2O. The first-order valence-electron chi connectivity index (χ1n) is 5.12. The van der Waals surface area contributed by atoms with Crippen molar-refractivity contribution in [3.8, 4) is 0 Å². The van der Waals surface area contributed by atoms with Crippen LogP contribution in [-0.4, -0.2) is 38.0 Å². The highest BCUT2D eigenvalue weighted by Crippen LogP contribution is 2.25. The van der Waals surface area contributed by atoms with Crippen LogP contribution in [-0.2, 0) is 4.79 Å². The Labute approximate surface area is 80.5 Å². The maximum absolute atomic E-state index is 11.3. The summed E-state index contributed by atoms with van der Waals surface area (Å²) in [7, 11) is 4.10. The van der Waals surface area contributed by atoms with Crippen molar-refractivity contribution < 1.29 is 4.79 Å². The summed E-state index contributed by atoms with van der Waals surface area (Å²) in [6, 6.07) is 0. The van der Waals surface area contributed by atoms with E-state index in [2.05, 4.69) is 10.2 Å². The smallest absolute Gasteiger partial charge is 0.223 e. The lowest BCUT2D eigenvalue weighted by molar-refractivity contribution is -0.127. The maximum atomic E-state index is 11.3. The summed E-state index contributed by atoms with van der Waals surface area (Å²) in [5.74, 6) is 0.601. The van der Waals surface area contributed by atoms with E-state index in [0.717, 1.165) is 32.4 Å². The molecule has 3 heteroatoms. The molecule has 0 bridgehead atoms. The summed E-state index contributed by atoms with van der Waals surface area (Å²) in [6.07, 6.45) is 4.47. The van der Waals surface area contributed by atoms with Gasteiger partial charge < -0.3 is 10.2 Å². The zero-order valence-electron chi connectivity index (χ0n) is 8.68. The highest BCUT2D eigenvalue weighted by atomic mass is 16.1. The summed E-state index contributed by atoms with van der Waals surface area (Å²) in [4.78, 5) is 13.5. The SMILES string of the molecule is CN(C)CCCNC(=O)C1CCC1. The van der Waals surface area contributed by atoms with E-state index in [1.54, 1.807) is 0 Å². The van der Waals surface area contributed by atoms with Crippen molar-refractivity contribution in [1.82, 2.24) is 10.2 Å². The Kier molecular flexibility index (Phi) is 4.22. The van der Waals surface area contributed by atoms with Gasteiger partial charge >= 0.3 is 0 Å². The highest BCUT2D eigenvalue weighted by Gasteiger charge is 2.24. The van der Waals surface area contributed by atoms with Crippen molar-refractivity contribution >= 4 is 5.91 Å². The summed E-state index contributed by atoms with van der Waals surface area (Å²) in [5.41, 5.74) is 0. The van der Waals surface area contributed by atoms with E-state index in [-0.39, 0.29) is 5.91 Å². The Morgan fingerprint density at radius 1 is 1.46 bits per heavy atom. The zero-order valence-corrected chi connectivity index (χ0v) is 8.68. The second-order valence-electron chi connectivity index (χ2n) is 4.08. The first kappa shape index (κ1) is 10.5. The van der Waals surface area contributed by atoms with Gasteiger partial charge in [0.05, 0.1) is 0 Å². The van der Waals surface area contributed by atoms with Gasteiger partial charge in [-0.05, 0) is 39.9 Å². The number of nitrogens with zero attached hydrogens (tertiary/aromatic N) is 1. The molecule has 76 valence electrons. The lowest BCUT2D eigenvalue weighted by Gasteiger charge is -2.24. The van der Waals surface area contributed by atoms with Crippen LogP contribution in [0.1, 0.15) is 25.7 Å². The quantitative estimate of drug-likeness (QED) is 0.643. The molecule has 1 aliphatic rings. The molecule has 1 N–H and O–H groups in total. The third-order valence-corrected chi connectivity index (χ3v) is 2.56. The van der Waals surface area contributed by atoms with Gasteiger partial charge in [0.25, 0.3) is 0 Å². The van der Waals surface area contributed by atoms with Crippen molar-refractivity contribution in [3.63, 3.8) is 0 Å². The number of carbonyl (C=O) groups excluding carboxylic acids is 1. The van der Waals surface area contributed by atoms with Crippen LogP contribution in [0.3, 0.4) is 0 Å². The lowest BCUT2D eigenvalue weighted by atomic mass is 9.85. The predicted octanol–water partition coefficient (Wildman–Crippen LogP) is 0.854. The second kappa shape index (κ2) is 5.22. The maximum Gasteiger partial charge on any atom is 0.223 e. The average Bonchev–Trinajstić information content (AvgIpc) is 1.94. The van der Waals surface area contributed by atoms with Crippen LogP contribution >= 0.6 is 0 Å². The normalized spacial score (nSPS) is 17.2. The number of hydrogen-bond donors (Lipinski definition) is 1. The molecule has 13 heavy (non-hydrogen) atoms. The van der Waals surface area contributed by atoms with Gasteiger partial charge in [-0.2, -0.15) is 0 Å². The Morgan fingerprint density at radius 2 is 2.15 bits per heavy atom. The molecule has 0 aromatic carbocycles. The molecule has 1 amide bonds. The largest absolute Gasteiger partial charge is 0.356 e. The molecule has 1 saturated carbocycles. The molecule has 1 fully saturated rings. The van der Waals surface area contributed by atoms with Gasteiger partial charge in [-0.3, -0.25) is 4.79 Å². The molecule has 0 aromatic rings. The summed E-state index contributed by atoms with van der Waals surface area (Å²) in [6.45, 7) is 1.87. The average molecular weight is 184 g/mol. The fourth-order valence-corrected chi connectivity index (χ4v) is 1.42. The number of rotatable bonds is 5. The Balaban J connectivity index is 1.95. The van der Waals surface area contributed by atoms with Crippen LogP contribution in [0, 0.1) is 5.92 Å². The summed E-state index contributed by atoms with van der Waals surface area (Å²) in [5, 5.41) is 2.97. The minimum absolute atomic E-state index is 0.269. The van der Waals surface area contributed by atoms with Crippen molar-refractivity contribution in [2.24, 2.45) is 5.92 Å². The first-order valence-corrected chi connectivity index (χ1v) is 5.12. The monoisotopic (exact) mass is 184 g/mol. The molecule has 0 aliphatic heterocycles. The van der Waals surface area contributed by atoms with Gasteiger partial charge in [0.1, 0.15) is 0 Å². The third-order valence-electron chi connectivity index (χ3n) is 2.56. The second-order valence-corrected chi connectivity index (χ2v) is 4.08. The molecular weight excluding hydrogens is 164 g/mol. The molecule has 0 heterocycles. The van der Waals surface area contributed by atoms with Crippen LogP contribution in [0.5, 0.6) is 0 Å². The van der Waals surface area contributed by atoms with Gasteiger partial charge in [-0.25, -0.2) is 0 Å². The summed E-state index contributed by atoms with van der Waals surface area (Å²) >= 11 is 0. The van der Waals surface area contributed by atoms with Crippen molar-refractivity contribution in [2.45, 2.75) is 25.7 Å². The van der Waals surface area contributed by atoms with Gasteiger partial charge in [0.15, 0.2) is 0 Å². The topological polar surface area (TPSA) is 32.3 Å². The van der Waals surface area contributed by atoms with Gasteiger partial charge in [0, 0.05) is 12.5 Å². The Morgan fingerprint density at radius 3 is 2.62 bits per heavy atom. The molecule has 0 saturated heterocycles. The number of carbonyl (C=O) groups is 1. The standard InChI is InChI=1S/C10H20N2O/c1-12(2)8-4-7-11-10(13)9-5-3-6-9/h9H,3-8H2,1-2H3,(H,11,13). The first-order chi connectivity index (χ1) is 6.20. The third kappa shape index (κ3) is 3.77. The highest BCUT2D eigenvalue weighted by molar-refractivity contribution is 5.79.